The largest absolute Gasteiger partial charge is 0.378 e. The lowest BCUT2D eigenvalue weighted by Gasteiger charge is -2.31. The van der Waals surface area contributed by atoms with Crippen LogP contribution in [0.5, 0.6) is 0 Å². The molecule has 0 radical (unpaired) electrons. The molecule has 110 valence electrons. The van der Waals surface area contributed by atoms with Crippen molar-refractivity contribution in [1.29, 1.82) is 0 Å². The molecule has 0 aromatic carbocycles. The topological polar surface area (TPSA) is 101 Å². The Labute approximate surface area is 117 Å². The van der Waals surface area contributed by atoms with Crippen LogP contribution in [0.2, 0.25) is 0 Å². The number of nitrogens with two attached hydrogens (primary N) is 1. The molecule has 1 aliphatic heterocycles. The van der Waals surface area contributed by atoms with Crippen LogP contribution in [0.4, 0.5) is 23.3 Å². The SMILES string of the molecule is CC1CCN(c2nc(N(C)C)nc(N)c2[N+](=O)[O-])CC1. The van der Waals surface area contributed by atoms with Gasteiger partial charge in [0.05, 0.1) is 4.92 Å². The predicted octanol–water partition coefficient (Wildman–Crippen LogP) is 1.27. The van der Waals surface area contributed by atoms with Crippen LogP contribution in [0.25, 0.3) is 0 Å². The van der Waals surface area contributed by atoms with Gasteiger partial charge in [0.25, 0.3) is 0 Å². The van der Waals surface area contributed by atoms with E-state index in [2.05, 4.69) is 16.9 Å². The zero-order valence-corrected chi connectivity index (χ0v) is 12.0. The smallest absolute Gasteiger partial charge is 0.353 e. The van der Waals surface area contributed by atoms with E-state index in [0.29, 0.717) is 17.7 Å². The average molecular weight is 280 g/mol. The molecule has 20 heavy (non-hydrogen) atoms. The molecule has 0 amide bonds. The van der Waals surface area contributed by atoms with Crippen molar-refractivity contribution in [3.8, 4) is 0 Å². The van der Waals surface area contributed by atoms with Crippen LogP contribution in [0, 0.1) is 16.0 Å². The molecule has 8 heteroatoms. The number of hydrogen-bond acceptors (Lipinski definition) is 7. The van der Waals surface area contributed by atoms with E-state index < -0.39 is 4.92 Å². The van der Waals surface area contributed by atoms with Gasteiger partial charge in [0.2, 0.25) is 17.6 Å². The Hall–Kier alpha value is -2.12. The van der Waals surface area contributed by atoms with Gasteiger partial charge in [-0.3, -0.25) is 10.1 Å². The molecule has 1 aliphatic rings. The zero-order valence-electron chi connectivity index (χ0n) is 12.0. The molecule has 2 N–H and O–H groups in total. The predicted molar refractivity (Wildman–Crippen MR) is 78.0 cm³/mol. The first-order valence-corrected chi connectivity index (χ1v) is 6.64. The summed E-state index contributed by atoms with van der Waals surface area (Å²) in [6, 6.07) is 0. The standard InChI is InChI=1S/C12H20N6O2/c1-8-4-6-17(7-5-8)11-9(18(19)20)10(13)14-12(15-11)16(2)3/h8H,4-7H2,1-3H3,(H2,13,14,15). The third-order valence-corrected chi connectivity index (χ3v) is 3.55. The highest BCUT2D eigenvalue weighted by atomic mass is 16.6. The molecule has 2 heterocycles. The quantitative estimate of drug-likeness (QED) is 0.657. The van der Waals surface area contributed by atoms with E-state index in [1.807, 2.05) is 4.90 Å². The van der Waals surface area contributed by atoms with E-state index in [9.17, 15) is 10.1 Å². The van der Waals surface area contributed by atoms with E-state index in [-0.39, 0.29) is 11.5 Å². The van der Waals surface area contributed by atoms with Gasteiger partial charge in [-0.05, 0) is 18.8 Å². The van der Waals surface area contributed by atoms with E-state index in [1.54, 1.807) is 19.0 Å². The highest BCUT2D eigenvalue weighted by Gasteiger charge is 2.29. The van der Waals surface area contributed by atoms with Crippen LogP contribution >= 0.6 is 0 Å². The second-order valence-corrected chi connectivity index (χ2v) is 5.40. The molecular weight excluding hydrogens is 260 g/mol. The molecule has 1 fully saturated rings. The second kappa shape index (κ2) is 5.48. The maximum Gasteiger partial charge on any atom is 0.353 e. The van der Waals surface area contributed by atoms with E-state index in [4.69, 9.17) is 5.73 Å². The van der Waals surface area contributed by atoms with Crippen molar-refractivity contribution in [3.63, 3.8) is 0 Å². The first-order chi connectivity index (χ1) is 9.40. The highest BCUT2D eigenvalue weighted by Crippen LogP contribution is 2.34. The molecule has 0 saturated carbocycles. The number of nitrogens with zero attached hydrogens (tertiary/aromatic N) is 5. The minimum atomic E-state index is -0.498. The summed E-state index contributed by atoms with van der Waals surface area (Å²) < 4.78 is 0. The lowest BCUT2D eigenvalue weighted by Crippen LogP contribution is -2.34. The fourth-order valence-corrected chi connectivity index (χ4v) is 2.26. The van der Waals surface area contributed by atoms with Crippen molar-refractivity contribution in [2.24, 2.45) is 5.92 Å². The molecule has 0 bridgehead atoms. The Morgan fingerprint density at radius 3 is 2.45 bits per heavy atom. The van der Waals surface area contributed by atoms with Gasteiger partial charge in [-0.2, -0.15) is 9.97 Å². The average Bonchev–Trinajstić information content (AvgIpc) is 2.38. The van der Waals surface area contributed by atoms with Gasteiger partial charge in [0, 0.05) is 27.2 Å². The van der Waals surface area contributed by atoms with Crippen molar-refractivity contribution in [2.45, 2.75) is 19.8 Å². The molecule has 1 aromatic heterocycles. The zero-order chi connectivity index (χ0) is 14.9. The Kier molecular flexibility index (Phi) is 3.91. The minimum Gasteiger partial charge on any atom is -0.378 e. The van der Waals surface area contributed by atoms with Crippen molar-refractivity contribution < 1.29 is 4.92 Å². The van der Waals surface area contributed by atoms with E-state index >= 15 is 0 Å². The third kappa shape index (κ3) is 2.73. The molecule has 1 saturated heterocycles. The lowest BCUT2D eigenvalue weighted by atomic mass is 9.99. The summed E-state index contributed by atoms with van der Waals surface area (Å²) in [5.41, 5.74) is 5.56. The van der Waals surface area contributed by atoms with Crippen molar-refractivity contribution >= 4 is 23.3 Å². The molecule has 0 aliphatic carbocycles. The monoisotopic (exact) mass is 280 g/mol. The van der Waals surface area contributed by atoms with Crippen molar-refractivity contribution in [1.82, 2.24) is 9.97 Å². The molecular formula is C12H20N6O2. The van der Waals surface area contributed by atoms with Crippen LogP contribution in [0.3, 0.4) is 0 Å². The summed E-state index contributed by atoms with van der Waals surface area (Å²) >= 11 is 0. The van der Waals surface area contributed by atoms with Crippen LogP contribution in [-0.4, -0.2) is 42.1 Å². The Balaban J connectivity index is 2.45. The number of aromatic nitrogens is 2. The first-order valence-electron chi connectivity index (χ1n) is 6.64. The first kappa shape index (κ1) is 14.3. The Morgan fingerprint density at radius 1 is 1.35 bits per heavy atom. The van der Waals surface area contributed by atoms with Crippen LogP contribution in [0.1, 0.15) is 19.8 Å². The fourth-order valence-electron chi connectivity index (χ4n) is 2.26. The van der Waals surface area contributed by atoms with Gasteiger partial charge in [-0.15, -0.1) is 0 Å². The summed E-state index contributed by atoms with van der Waals surface area (Å²) in [5.74, 6) is 1.28. The number of anilines is 3. The van der Waals surface area contributed by atoms with E-state index in [0.717, 1.165) is 25.9 Å². The van der Waals surface area contributed by atoms with Gasteiger partial charge < -0.3 is 15.5 Å². The summed E-state index contributed by atoms with van der Waals surface area (Å²) in [5, 5.41) is 11.2. The van der Waals surface area contributed by atoms with Crippen LogP contribution in [0.15, 0.2) is 0 Å². The summed E-state index contributed by atoms with van der Waals surface area (Å²) in [6.07, 6.45) is 2.00. The Bertz CT molecular complexity index is 511. The molecule has 8 nitrogen and oxygen atoms in total. The third-order valence-electron chi connectivity index (χ3n) is 3.55. The van der Waals surface area contributed by atoms with Gasteiger partial charge in [0.1, 0.15) is 0 Å². The van der Waals surface area contributed by atoms with Gasteiger partial charge in [-0.1, -0.05) is 6.92 Å². The summed E-state index contributed by atoms with van der Waals surface area (Å²) in [4.78, 5) is 22.7. The van der Waals surface area contributed by atoms with Crippen molar-refractivity contribution in [3.05, 3.63) is 10.1 Å². The van der Waals surface area contributed by atoms with E-state index in [1.165, 1.54) is 0 Å². The van der Waals surface area contributed by atoms with Crippen LogP contribution in [-0.2, 0) is 0 Å². The van der Waals surface area contributed by atoms with Gasteiger partial charge in [0.15, 0.2) is 0 Å². The van der Waals surface area contributed by atoms with Crippen molar-refractivity contribution in [2.75, 3.05) is 42.7 Å². The molecule has 1 aromatic rings. The number of nitrogen functional groups attached to an aromatic ring is 1. The molecule has 0 spiro atoms. The molecule has 2 rings (SSSR count). The maximum atomic E-state index is 11.2. The number of hydrogen-bond donors (Lipinski definition) is 1. The summed E-state index contributed by atoms with van der Waals surface area (Å²) in [6.45, 7) is 3.70. The number of rotatable bonds is 3. The fraction of sp³-hybridized carbons (Fsp3) is 0.667. The number of piperidine rings is 1. The highest BCUT2D eigenvalue weighted by molar-refractivity contribution is 5.71. The van der Waals surface area contributed by atoms with Gasteiger partial charge >= 0.3 is 5.69 Å². The Morgan fingerprint density at radius 2 is 1.95 bits per heavy atom. The molecule has 0 atom stereocenters. The minimum absolute atomic E-state index is 0.0812. The maximum absolute atomic E-state index is 11.2. The van der Waals surface area contributed by atoms with Gasteiger partial charge in [-0.25, -0.2) is 0 Å². The summed E-state index contributed by atoms with van der Waals surface area (Å²) in [7, 11) is 3.56. The van der Waals surface area contributed by atoms with Crippen LogP contribution < -0.4 is 15.5 Å². The number of nitro groups is 1. The second-order valence-electron chi connectivity index (χ2n) is 5.40. The lowest BCUT2D eigenvalue weighted by molar-refractivity contribution is -0.383. The normalized spacial score (nSPS) is 16.2. The molecule has 0 unspecified atom stereocenters.